The molecule has 0 aromatic heterocycles. The van der Waals surface area contributed by atoms with Crippen LogP contribution in [0.25, 0.3) is 0 Å². The first-order valence-electron chi connectivity index (χ1n) is 5.38. The number of benzene rings is 1. The van der Waals surface area contributed by atoms with Gasteiger partial charge in [0.15, 0.2) is 0 Å². The lowest BCUT2D eigenvalue weighted by Crippen LogP contribution is -2.05. The SMILES string of the molecule is CC(C)CCCNc1ccc(N)cc1F. The van der Waals surface area contributed by atoms with Crippen LogP contribution in [0, 0.1) is 11.7 Å². The van der Waals surface area contributed by atoms with Gasteiger partial charge in [0.25, 0.3) is 0 Å². The Morgan fingerprint density at radius 2 is 2.13 bits per heavy atom. The van der Waals surface area contributed by atoms with Crippen molar-refractivity contribution in [3.8, 4) is 0 Å². The molecule has 1 aromatic carbocycles. The summed E-state index contributed by atoms with van der Waals surface area (Å²) in [6.07, 6.45) is 2.21. The lowest BCUT2D eigenvalue weighted by molar-refractivity contribution is 0.565. The molecule has 0 fully saturated rings. The number of anilines is 2. The molecule has 0 aliphatic rings. The average molecular weight is 210 g/mol. The molecule has 2 nitrogen and oxygen atoms in total. The van der Waals surface area contributed by atoms with Crippen LogP contribution in [-0.2, 0) is 0 Å². The van der Waals surface area contributed by atoms with Gasteiger partial charge in [0.2, 0.25) is 0 Å². The van der Waals surface area contributed by atoms with E-state index in [-0.39, 0.29) is 5.82 Å². The van der Waals surface area contributed by atoms with Gasteiger partial charge in [-0.05, 0) is 37.0 Å². The molecule has 0 aliphatic heterocycles. The Labute approximate surface area is 90.7 Å². The summed E-state index contributed by atoms with van der Waals surface area (Å²) in [7, 11) is 0. The van der Waals surface area contributed by atoms with Crippen molar-refractivity contribution < 1.29 is 4.39 Å². The second-order valence-corrected chi connectivity index (χ2v) is 4.20. The van der Waals surface area contributed by atoms with E-state index in [0.29, 0.717) is 17.3 Å². The zero-order chi connectivity index (χ0) is 11.3. The maximum absolute atomic E-state index is 13.3. The van der Waals surface area contributed by atoms with Crippen molar-refractivity contribution in [2.75, 3.05) is 17.6 Å². The molecule has 0 spiro atoms. The summed E-state index contributed by atoms with van der Waals surface area (Å²) in [6, 6.07) is 4.72. The first kappa shape index (κ1) is 11.8. The lowest BCUT2D eigenvalue weighted by atomic mass is 10.1. The van der Waals surface area contributed by atoms with Crippen molar-refractivity contribution in [3.05, 3.63) is 24.0 Å². The predicted octanol–water partition coefficient (Wildman–Crippen LogP) is 3.26. The Balaban J connectivity index is 2.37. The molecule has 0 unspecified atom stereocenters. The molecule has 84 valence electrons. The Morgan fingerprint density at radius 3 is 2.73 bits per heavy atom. The Bertz CT molecular complexity index is 310. The number of hydrogen-bond donors (Lipinski definition) is 2. The molecule has 3 N–H and O–H groups in total. The Morgan fingerprint density at radius 1 is 1.40 bits per heavy atom. The fraction of sp³-hybridized carbons (Fsp3) is 0.500. The van der Waals surface area contributed by atoms with Crippen molar-refractivity contribution in [1.82, 2.24) is 0 Å². The molecule has 15 heavy (non-hydrogen) atoms. The zero-order valence-corrected chi connectivity index (χ0v) is 9.39. The van der Waals surface area contributed by atoms with Gasteiger partial charge in [0.1, 0.15) is 5.82 Å². The van der Waals surface area contributed by atoms with Crippen LogP contribution in [0.1, 0.15) is 26.7 Å². The summed E-state index contributed by atoms with van der Waals surface area (Å²) in [5.74, 6) is 0.419. The largest absolute Gasteiger partial charge is 0.399 e. The van der Waals surface area contributed by atoms with E-state index in [0.717, 1.165) is 19.4 Å². The molecule has 3 heteroatoms. The van der Waals surface area contributed by atoms with E-state index in [1.165, 1.54) is 6.07 Å². The van der Waals surface area contributed by atoms with Crippen LogP contribution in [0.3, 0.4) is 0 Å². The fourth-order valence-electron chi connectivity index (χ4n) is 1.41. The quantitative estimate of drug-likeness (QED) is 0.578. The van der Waals surface area contributed by atoms with E-state index in [2.05, 4.69) is 19.2 Å². The molecule has 0 bridgehead atoms. The molecule has 0 amide bonds. The van der Waals surface area contributed by atoms with Crippen LogP contribution in [-0.4, -0.2) is 6.54 Å². The molecule has 0 radical (unpaired) electrons. The van der Waals surface area contributed by atoms with Gasteiger partial charge in [-0.2, -0.15) is 0 Å². The molecule has 0 heterocycles. The van der Waals surface area contributed by atoms with Gasteiger partial charge in [0, 0.05) is 12.2 Å². The highest BCUT2D eigenvalue weighted by molar-refractivity contribution is 5.52. The van der Waals surface area contributed by atoms with Crippen molar-refractivity contribution in [2.45, 2.75) is 26.7 Å². The summed E-state index contributed by atoms with van der Waals surface area (Å²) >= 11 is 0. The number of nitrogen functional groups attached to an aromatic ring is 1. The smallest absolute Gasteiger partial charge is 0.148 e. The predicted molar refractivity (Wildman–Crippen MR) is 63.4 cm³/mol. The number of nitrogens with one attached hydrogen (secondary N) is 1. The van der Waals surface area contributed by atoms with Gasteiger partial charge in [0.05, 0.1) is 5.69 Å². The van der Waals surface area contributed by atoms with E-state index in [1.807, 2.05) is 0 Å². The first-order valence-corrected chi connectivity index (χ1v) is 5.38. The number of nitrogens with two attached hydrogens (primary N) is 1. The minimum absolute atomic E-state index is 0.278. The summed E-state index contributed by atoms with van der Waals surface area (Å²) in [6.45, 7) is 5.17. The van der Waals surface area contributed by atoms with Crippen LogP contribution in [0.15, 0.2) is 18.2 Å². The van der Waals surface area contributed by atoms with Gasteiger partial charge < -0.3 is 11.1 Å². The summed E-state index contributed by atoms with van der Waals surface area (Å²) in [5, 5.41) is 3.06. The normalized spacial score (nSPS) is 10.7. The second kappa shape index (κ2) is 5.59. The zero-order valence-electron chi connectivity index (χ0n) is 9.39. The van der Waals surface area contributed by atoms with E-state index >= 15 is 0 Å². The molecule has 0 aliphatic carbocycles. The third-order valence-corrected chi connectivity index (χ3v) is 2.27. The molecule has 1 aromatic rings. The van der Waals surface area contributed by atoms with Crippen LogP contribution in [0.4, 0.5) is 15.8 Å². The highest BCUT2D eigenvalue weighted by Crippen LogP contribution is 2.17. The van der Waals surface area contributed by atoms with Crippen molar-refractivity contribution in [2.24, 2.45) is 5.92 Å². The monoisotopic (exact) mass is 210 g/mol. The van der Waals surface area contributed by atoms with Crippen LogP contribution in [0.2, 0.25) is 0 Å². The maximum Gasteiger partial charge on any atom is 0.148 e. The van der Waals surface area contributed by atoms with E-state index < -0.39 is 0 Å². The summed E-state index contributed by atoms with van der Waals surface area (Å²) in [4.78, 5) is 0. The highest BCUT2D eigenvalue weighted by atomic mass is 19.1. The van der Waals surface area contributed by atoms with Crippen LogP contribution < -0.4 is 11.1 Å². The van der Waals surface area contributed by atoms with Gasteiger partial charge >= 0.3 is 0 Å². The van der Waals surface area contributed by atoms with Gasteiger partial charge in [-0.25, -0.2) is 4.39 Å². The molecule has 0 atom stereocenters. The summed E-state index contributed by atoms with van der Waals surface area (Å²) < 4.78 is 13.3. The average Bonchev–Trinajstić information content (AvgIpc) is 2.14. The highest BCUT2D eigenvalue weighted by Gasteiger charge is 2.01. The minimum Gasteiger partial charge on any atom is -0.399 e. The lowest BCUT2D eigenvalue weighted by Gasteiger charge is -2.09. The second-order valence-electron chi connectivity index (χ2n) is 4.20. The van der Waals surface area contributed by atoms with Crippen LogP contribution in [0.5, 0.6) is 0 Å². The third-order valence-electron chi connectivity index (χ3n) is 2.27. The van der Waals surface area contributed by atoms with Crippen molar-refractivity contribution >= 4 is 11.4 Å². The molecule has 0 saturated heterocycles. The standard InChI is InChI=1S/C12H19FN2/c1-9(2)4-3-7-15-12-6-5-10(14)8-11(12)13/h5-6,8-9,15H,3-4,7,14H2,1-2H3. The van der Waals surface area contributed by atoms with Gasteiger partial charge in [-0.15, -0.1) is 0 Å². The number of rotatable bonds is 5. The van der Waals surface area contributed by atoms with E-state index in [1.54, 1.807) is 12.1 Å². The fourth-order valence-corrected chi connectivity index (χ4v) is 1.41. The molecule has 1 rings (SSSR count). The van der Waals surface area contributed by atoms with E-state index in [9.17, 15) is 4.39 Å². The first-order chi connectivity index (χ1) is 7.09. The van der Waals surface area contributed by atoms with Crippen LogP contribution >= 0.6 is 0 Å². The van der Waals surface area contributed by atoms with E-state index in [4.69, 9.17) is 5.73 Å². The molecular weight excluding hydrogens is 191 g/mol. The summed E-state index contributed by atoms with van der Waals surface area (Å²) in [5.41, 5.74) is 6.45. The Kier molecular flexibility index (Phi) is 4.40. The topological polar surface area (TPSA) is 38.0 Å². The maximum atomic E-state index is 13.3. The number of hydrogen-bond acceptors (Lipinski definition) is 2. The van der Waals surface area contributed by atoms with Crippen molar-refractivity contribution in [3.63, 3.8) is 0 Å². The molecular formula is C12H19FN2. The number of halogens is 1. The van der Waals surface area contributed by atoms with Crippen molar-refractivity contribution in [1.29, 1.82) is 0 Å². The third kappa shape index (κ3) is 4.19. The minimum atomic E-state index is -0.278. The molecule has 0 saturated carbocycles. The Hall–Kier alpha value is -1.25. The van der Waals surface area contributed by atoms with Gasteiger partial charge in [-0.3, -0.25) is 0 Å². The van der Waals surface area contributed by atoms with Gasteiger partial charge in [-0.1, -0.05) is 13.8 Å².